The van der Waals surface area contributed by atoms with Crippen molar-refractivity contribution in [2.75, 3.05) is 39.4 Å². The van der Waals surface area contributed by atoms with Gasteiger partial charge in [0.25, 0.3) is 11.8 Å². The van der Waals surface area contributed by atoms with Gasteiger partial charge in [-0.3, -0.25) is 9.59 Å². The van der Waals surface area contributed by atoms with Crippen LogP contribution in [0.25, 0.3) is 0 Å². The zero-order valence-corrected chi connectivity index (χ0v) is 20.1. The molecule has 0 aliphatic carbocycles. The number of aliphatic hydroxyl groups is 1. The highest BCUT2D eigenvalue weighted by Gasteiger charge is 2.36. The van der Waals surface area contributed by atoms with E-state index in [9.17, 15) is 14.7 Å². The largest absolute Gasteiger partial charge is 0.491 e. The standard InChI is InChI=1S/C26H34N4O4/c1-19-22(17-27-20(2)28-19)25(33)29-12-6-5-9-26(18-31)10-13-30(14-11-26)24(32)21-7-3-4-8-23(21)34-16-15-29/h3-4,7-8,17,31H,5-6,9-16,18H2,1-2H3. The van der Waals surface area contributed by atoms with E-state index in [2.05, 4.69) is 9.97 Å². The zero-order valence-electron chi connectivity index (χ0n) is 20.1. The minimum atomic E-state index is -0.163. The van der Waals surface area contributed by atoms with Gasteiger partial charge in [0.1, 0.15) is 18.2 Å². The number of piperidine rings is 1. The van der Waals surface area contributed by atoms with Gasteiger partial charge in [-0.05, 0) is 57.1 Å². The number of aryl methyl sites for hydroxylation is 2. The number of rotatable bonds is 2. The van der Waals surface area contributed by atoms with Crippen LogP contribution in [-0.2, 0) is 0 Å². The normalized spacial score (nSPS) is 19.1. The number of hydrogen-bond donors (Lipinski definition) is 1. The molecule has 8 heteroatoms. The summed E-state index contributed by atoms with van der Waals surface area (Å²) in [6.07, 6.45) is 5.77. The van der Waals surface area contributed by atoms with E-state index >= 15 is 0 Å². The summed E-state index contributed by atoms with van der Waals surface area (Å²) in [5, 5.41) is 10.2. The van der Waals surface area contributed by atoms with Gasteiger partial charge in [-0.1, -0.05) is 18.6 Å². The maximum Gasteiger partial charge on any atom is 0.257 e. The Balaban J connectivity index is 1.58. The number of ether oxygens (including phenoxy) is 1. The Kier molecular flexibility index (Phi) is 7.46. The second-order valence-corrected chi connectivity index (χ2v) is 9.46. The van der Waals surface area contributed by atoms with E-state index in [0.29, 0.717) is 54.6 Å². The molecule has 8 nitrogen and oxygen atoms in total. The summed E-state index contributed by atoms with van der Waals surface area (Å²) < 4.78 is 6.03. The number of carbonyl (C=O) groups excluding carboxylic acids is 2. The average molecular weight is 467 g/mol. The highest BCUT2D eigenvalue weighted by Crippen LogP contribution is 2.37. The lowest BCUT2D eigenvalue weighted by atomic mass is 9.75. The van der Waals surface area contributed by atoms with Crippen LogP contribution in [0, 0.1) is 19.3 Å². The van der Waals surface area contributed by atoms with Gasteiger partial charge in [-0.2, -0.15) is 0 Å². The van der Waals surface area contributed by atoms with Crippen molar-refractivity contribution in [3.05, 3.63) is 53.1 Å². The Labute approximate surface area is 201 Å². The van der Waals surface area contributed by atoms with Crippen molar-refractivity contribution < 1.29 is 19.4 Å². The monoisotopic (exact) mass is 466 g/mol. The molecule has 0 spiro atoms. The molecule has 0 saturated carbocycles. The Morgan fingerprint density at radius 3 is 2.59 bits per heavy atom. The molecule has 0 radical (unpaired) electrons. The lowest BCUT2D eigenvalue weighted by molar-refractivity contribution is 0.0297. The van der Waals surface area contributed by atoms with E-state index in [1.54, 1.807) is 30.2 Å². The summed E-state index contributed by atoms with van der Waals surface area (Å²) in [7, 11) is 0. The first-order chi connectivity index (χ1) is 16.4. The van der Waals surface area contributed by atoms with Gasteiger partial charge < -0.3 is 19.6 Å². The van der Waals surface area contributed by atoms with E-state index in [1.807, 2.05) is 24.0 Å². The SMILES string of the molecule is Cc1ncc(C(=O)N2CCCCC3(CO)CCN(CC3)C(=O)c3ccccc3OCC2)c(C)n1. The summed E-state index contributed by atoms with van der Waals surface area (Å²) >= 11 is 0. The van der Waals surface area contributed by atoms with E-state index in [0.717, 1.165) is 32.1 Å². The number of aromatic nitrogens is 2. The Morgan fingerprint density at radius 2 is 1.85 bits per heavy atom. The molecule has 1 N–H and O–H groups in total. The molecule has 3 aliphatic rings. The van der Waals surface area contributed by atoms with E-state index in [4.69, 9.17) is 4.74 Å². The molecular formula is C26H34N4O4. The van der Waals surface area contributed by atoms with E-state index in [1.165, 1.54) is 0 Å². The molecule has 4 heterocycles. The second-order valence-electron chi connectivity index (χ2n) is 9.46. The molecule has 1 aromatic carbocycles. The Hall–Kier alpha value is -3.00. The third-order valence-electron chi connectivity index (χ3n) is 7.19. The van der Waals surface area contributed by atoms with Crippen LogP contribution in [0.15, 0.2) is 30.5 Å². The fourth-order valence-electron chi connectivity index (χ4n) is 4.96. The molecule has 1 saturated heterocycles. The predicted molar refractivity (Wildman–Crippen MR) is 128 cm³/mol. The topological polar surface area (TPSA) is 95.9 Å². The maximum absolute atomic E-state index is 13.4. The van der Waals surface area contributed by atoms with Crippen LogP contribution in [0.2, 0.25) is 0 Å². The lowest BCUT2D eigenvalue weighted by Gasteiger charge is -2.41. The summed E-state index contributed by atoms with van der Waals surface area (Å²) in [5.74, 6) is 1.01. The molecule has 1 aromatic heterocycles. The zero-order chi connectivity index (χ0) is 24.1. The molecular weight excluding hydrogens is 432 g/mol. The van der Waals surface area contributed by atoms with Crippen molar-refractivity contribution in [1.29, 1.82) is 0 Å². The van der Waals surface area contributed by atoms with Crippen LogP contribution in [0.1, 0.15) is 64.3 Å². The molecule has 2 amide bonds. The molecule has 1 fully saturated rings. The third kappa shape index (κ3) is 5.22. The fourth-order valence-corrected chi connectivity index (χ4v) is 4.96. The number of amides is 2. The first kappa shape index (κ1) is 24.1. The predicted octanol–water partition coefficient (Wildman–Crippen LogP) is 3.01. The molecule has 2 bridgehead atoms. The first-order valence-corrected chi connectivity index (χ1v) is 12.1. The Morgan fingerprint density at radius 1 is 1.09 bits per heavy atom. The summed E-state index contributed by atoms with van der Waals surface area (Å²) in [5.41, 5.74) is 1.53. The number of aliphatic hydroxyl groups excluding tert-OH is 1. The van der Waals surface area contributed by atoms with Crippen molar-refractivity contribution in [2.45, 2.75) is 46.0 Å². The molecule has 2 aromatic rings. The van der Waals surface area contributed by atoms with Gasteiger partial charge in [-0.15, -0.1) is 0 Å². The van der Waals surface area contributed by atoms with Gasteiger partial charge in [0.15, 0.2) is 0 Å². The van der Waals surface area contributed by atoms with Crippen LogP contribution < -0.4 is 4.74 Å². The number of hydrogen-bond acceptors (Lipinski definition) is 6. The highest BCUT2D eigenvalue weighted by atomic mass is 16.5. The van der Waals surface area contributed by atoms with Crippen LogP contribution in [0.3, 0.4) is 0 Å². The molecule has 34 heavy (non-hydrogen) atoms. The van der Waals surface area contributed by atoms with Crippen molar-refractivity contribution >= 4 is 11.8 Å². The minimum Gasteiger partial charge on any atom is -0.491 e. The number of nitrogens with zero attached hydrogens (tertiary/aromatic N) is 4. The molecule has 0 unspecified atom stereocenters. The molecule has 0 atom stereocenters. The smallest absolute Gasteiger partial charge is 0.257 e. The molecule has 182 valence electrons. The van der Waals surface area contributed by atoms with Crippen molar-refractivity contribution in [3.63, 3.8) is 0 Å². The number of fused-ring (bicyclic) bond motifs is 9. The summed E-state index contributed by atoms with van der Waals surface area (Å²) in [6, 6.07) is 7.28. The minimum absolute atomic E-state index is 0.0441. The second kappa shape index (κ2) is 10.5. The molecule has 5 rings (SSSR count). The van der Waals surface area contributed by atoms with Crippen LogP contribution >= 0.6 is 0 Å². The fraction of sp³-hybridized carbons (Fsp3) is 0.538. The van der Waals surface area contributed by atoms with Crippen LogP contribution in [0.4, 0.5) is 0 Å². The van der Waals surface area contributed by atoms with E-state index < -0.39 is 0 Å². The third-order valence-corrected chi connectivity index (χ3v) is 7.19. The highest BCUT2D eigenvalue weighted by molar-refractivity contribution is 5.97. The lowest BCUT2D eigenvalue weighted by Crippen LogP contribution is -2.44. The van der Waals surface area contributed by atoms with Crippen LogP contribution in [-0.4, -0.2) is 76.1 Å². The van der Waals surface area contributed by atoms with Crippen molar-refractivity contribution in [3.8, 4) is 5.75 Å². The average Bonchev–Trinajstić information content (AvgIpc) is 2.85. The van der Waals surface area contributed by atoms with Gasteiger partial charge in [0.2, 0.25) is 0 Å². The maximum atomic E-state index is 13.4. The van der Waals surface area contributed by atoms with Crippen molar-refractivity contribution in [2.24, 2.45) is 5.41 Å². The van der Waals surface area contributed by atoms with Crippen LogP contribution in [0.5, 0.6) is 5.75 Å². The van der Waals surface area contributed by atoms with Gasteiger partial charge in [-0.25, -0.2) is 9.97 Å². The number of benzene rings is 1. The van der Waals surface area contributed by atoms with E-state index in [-0.39, 0.29) is 30.4 Å². The van der Waals surface area contributed by atoms with Gasteiger partial charge in [0.05, 0.1) is 23.4 Å². The van der Waals surface area contributed by atoms with Gasteiger partial charge >= 0.3 is 0 Å². The Bertz CT molecular complexity index is 1030. The first-order valence-electron chi connectivity index (χ1n) is 12.1. The van der Waals surface area contributed by atoms with Gasteiger partial charge in [0, 0.05) is 32.4 Å². The quantitative estimate of drug-likeness (QED) is 0.731. The number of para-hydroxylation sites is 1. The number of carbonyl (C=O) groups is 2. The van der Waals surface area contributed by atoms with Crippen molar-refractivity contribution in [1.82, 2.24) is 19.8 Å². The summed E-state index contributed by atoms with van der Waals surface area (Å²) in [4.78, 5) is 38.8. The molecule has 3 aliphatic heterocycles. The summed E-state index contributed by atoms with van der Waals surface area (Å²) in [6.45, 7) is 6.27.